The number of likely N-dealkylation sites (tertiary alicyclic amines) is 1. The number of sulfonamides is 1. The molecule has 2 bridgehead atoms. The van der Waals surface area contributed by atoms with Gasteiger partial charge in [0.2, 0.25) is 10.0 Å². The monoisotopic (exact) mass is 364 g/mol. The Hall–Kier alpha value is -1.07. The summed E-state index contributed by atoms with van der Waals surface area (Å²) in [7, 11) is -3.23. The van der Waals surface area contributed by atoms with Crippen LogP contribution in [0.5, 0.6) is 0 Å². The van der Waals surface area contributed by atoms with Gasteiger partial charge in [0.25, 0.3) is 0 Å². The standard InChI is InChI=1S/C20H32N2O2S/c1-3-4-5-13-22-14-12-20(11-7-10-19(22)16-20)17-8-6-9-18(15-17)21-25(2,23)24/h6,8-9,15,19,21H,3-5,7,10-14,16H2,1-2H3. The van der Waals surface area contributed by atoms with Crippen molar-refractivity contribution in [3.05, 3.63) is 29.8 Å². The van der Waals surface area contributed by atoms with Gasteiger partial charge in [0, 0.05) is 11.7 Å². The van der Waals surface area contributed by atoms with Gasteiger partial charge in [-0.1, -0.05) is 38.3 Å². The quantitative estimate of drug-likeness (QED) is 0.740. The number of piperidine rings is 1. The van der Waals surface area contributed by atoms with E-state index in [1.54, 1.807) is 0 Å². The highest BCUT2D eigenvalue weighted by Crippen LogP contribution is 2.47. The van der Waals surface area contributed by atoms with Crippen LogP contribution in [0.15, 0.2) is 24.3 Å². The second-order valence-electron chi connectivity index (χ2n) is 7.98. The molecule has 2 fully saturated rings. The molecule has 1 N–H and O–H groups in total. The minimum absolute atomic E-state index is 0.235. The third kappa shape index (κ3) is 4.56. The van der Waals surface area contributed by atoms with Crippen LogP contribution in [0.4, 0.5) is 5.69 Å². The van der Waals surface area contributed by atoms with Gasteiger partial charge in [0.1, 0.15) is 0 Å². The maximum absolute atomic E-state index is 11.6. The zero-order chi connectivity index (χ0) is 17.9. The van der Waals surface area contributed by atoms with E-state index < -0.39 is 10.0 Å². The fourth-order valence-corrected chi connectivity index (χ4v) is 5.36. The molecule has 2 aliphatic rings. The molecule has 1 aliphatic heterocycles. The first-order valence-corrected chi connectivity index (χ1v) is 11.6. The van der Waals surface area contributed by atoms with Gasteiger partial charge < -0.3 is 4.90 Å². The minimum Gasteiger partial charge on any atom is -0.300 e. The van der Waals surface area contributed by atoms with Crippen LogP contribution in [0, 0.1) is 0 Å². The van der Waals surface area contributed by atoms with Crippen LogP contribution in [0.3, 0.4) is 0 Å². The zero-order valence-corrected chi connectivity index (χ0v) is 16.4. The van der Waals surface area contributed by atoms with E-state index in [1.165, 1.54) is 76.3 Å². The fraction of sp³-hybridized carbons (Fsp3) is 0.700. The van der Waals surface area contributed by atoms with Gasteiger partial charge in [-0.05, 0) is 68.3 Å². The maximum Gasteiger partial charge on any atom is 0.229 e. The Bertz CT molecular complexity index is 689. The molecule has 1 saturated heterocycles. The SMILES string of the molecule is CCCCCN1CCC2(c3cccc(NS(C)(=O)=O)c3)CCCC1C2. The first-order chi connectivity index (χ1) is 11.9. The van der Waals surface area contributed by atoms with Crippen LogP contribution in [-0.2, 0) is 15.4 Å². The van der Waals surface area contributed by atoms with Crippen LogP contribution in [-0.4, -0.2) is 38.7 Å². The average Bonchev–Trinajstić information content (AvgIpc) is 2.56. The second kappa shape index (κ2) is 7.67. The molecule has 5 heteroatoms. The Morgan fingerprint density at radius 3 is 2.88 bits per heavy atom. The lowest BCUT2D eigenvalue weighted by molar-refractivity contribution is 0.0504. The topological polar surface area (TPSA) is 49.4 Å². The number of hydrogen-bond acceptors (Lipinski definition) is 3. The normalized spacial score (nSPS) is 27.2. The van der Waals surface area contributed by atoms with Crippen molar-refractivity contribution < 1.29 is 8.42 Å². The molecule has 0 amide bonds. The van der Waals surface area contributed by atoms with E-state index in [1.807, 2.05) is 12.1 Å². The van der Waals surface area contributed by atoms with Crippen LogP contribution in [0.1, 0.15) is 63.9 Å². The molecule has 1 aromatic rings. The van der Waals surface area contributed by atoms with Gasteiger partial charge in [0.15, 0.2) is 0 Å². The molecule has 0 aromatic heterocycles. The molecule has 0 spiro atoms. The number of unbranched alkanes of at least 4 members (excludes halogenated alkanes) is 2. The lowest BCUT2D eigenvalue weighted by Crippen LogP contribution is -2.51. The van der Waals surface area contributed by atoms with E-state index in [0.29, 0.717) is 11.7 Å². The third-order valence-electron chi connectivity index (χ3n) is 6.04. The van der Waals surface area contributed by atoms with Crippen LogP contribution in [0.2, 0.25) is 0 Å². The van der Waals surface area contributed by atoms with Gasteiger partial charge in [-0.2, -0.15) is 0 Å². The molecule has 4 nitrogen and oxygen atoms in total. The van der Waals surface area contributed by atoms with Crippen molar-refractivity contribution in [1.82, 2.24) is 4.90 Å². The second-order valence-corrected chi connectivity index (χ2v) is 9.73. The molecule has 140 valence electrons. The summed E-state index contributed by atoms with van der Waals surface area (Å²) in [6.07, 6.45) is 11.4. The molecular weight excluding hydrogens is 332 g/mol. The largest absolute Gasteiger partial charge is 0.300 e. The fourth-order valence-electron chi connectivity index (χ4n) is 4.80. The summed E-state index contributed by atoms with van der Waals surface area (Å²) in [6, 6.07) is 8.81. The molecule has 1 aliphatic carbocycles. The first kappa shape index (κ1) is 18.7. The van der Waals surface area contributed by atoms with Crippen LogP contribution in [0.25, 0.3) is 0 Å². The summed E-state index contributed by atoms with van der Waals surface area (Å²) in [4.78, 5) is 2.71. The molecular formula is C20H32N2O2S. The van der Waals surface area contributed by atoms with E-state index in [4.69, 9.17) is 0 Å². The van der Waals surface area contributed by atoms with Crippen molar-refractivity contribution in [3.8, 4) is 0 Å². The molecule has 1 saturated carbocycles. The van der Waals surface area contributed by atoms with Gasteiger partial charge in [-0.25, -0.2) is 8.42 Å². The number of hydrogen-bond donors (Lipinski definition) is 1. The molecule has 3 rings (SSSR count). The number of nitrogens with zero attached hydrogens (tertiary/aromatic N) is 1. The highest BCUT2D eigenvalue weighted by atomic mass is 32.2. The smallest absolute Gasteiger partial charge is 0.229 e. The van der Waals surface area contributed by atoms with Crippen molar-refractivity contribution >= 4 is 15.7 Å². The van der Waals surface area contributed by atoms with Crippen molar-refractivity contribution in [1.29, 1.82) is 0 Å². The van der Waals surface area contributed by atoms with Crippen molar-refractivity contribution in [3.63, 3.8) is 0 Å². The molecule has 2 unspecified atom stereocenters. The van der Waals surface area contributed by atoms with Gasteiger partial charge >= 0.3 is 0 Å². The van der Waals surface area contributed by atoms with Gasteiger partial charge in [-0.15, -0.1) is 0 Å². The number of benzene rings is 1. The Balaban J connectivity index is 1.75. The number of fused-ring (bicyclic) bond motifs is 2. The Labute approximate surface area is 153 Å². The lowest BCUT2D eigenvalue weighted by Gasteiger charge is -2.51. The zero-order valence-electron chi connectivity index (χ0n) is 15.6. The van der Waals surface area contributed by atoms with E-state index in [-0.39, 0.29) is 5.41 Å². The number of anilines is 1. The predicted molar refractivity (Wildman–Crippen MR) is 105 cm³/mol. The highest BCUT2D eigenvalue weighted by molar-refractivity contribution is 7.92. The predicted octanol–water partition coefficient (Wildman–Crippen LogP) is 4.13. The highest BCUT2D eigenvalue weighted by Gasteiger charge is 2.43. The Morgan fingerprint density at radius 2 is 2.12 bits per heavy atom. The molecule has 25 heavy (non-hydrogen) atoms. The summed E-state index contributed by atoms with van der Waals surface area (Å²) >= 11 is 0. The van der Waals surface area contributed by atoms with Crippen molar-refractivity contribution in [2.75, 3.05) is 24.1 Å². The van der Waals surface area contributed by atoms with Crippen LogP contribution >= 0.6 is 0 Å². The van der Waals surface area contributed by atoms with E-state index in [2.05, 4.69) is 28.7 Å². The van der Waals surface area contributed by atoms with E-state index >= 15 is 0 Å². The van der Waals surface area contributed by atoms with Crippen molar-refractivity contribution in [2.24, 2.45) is 0 Å². The Morgan fingerprint density at radius 1 is 1.28 bits per heavy atom. The van der Waals surface area contributed by atoms with Crippen molar-refractivity contribution in [2.45, 2.75) is 69.7 Å². The number of rotatable bonds is 7. The van der Waals surface area contributed by atoms with E-state index in [0.717, 1.165) is 0 Å². The van der Waals surface area contributed by atoms with E-state index in [9.17, 15) is 8.42 Å². The molecule has 1 heterocycles. The molecule has 2 atom stereocenters. The summed E-state index contributed by atoms with van der Waals surface area (Å²) in [5.74, 6) is 0. The summed E-state index contributed by atoms with van der Waals surface area (Å²) < 4.78 is 25.7. The lowest BCUT2D eigenvalue weighted by atomic mass is 9.63. The van der Waals surface area contributed by atoms with Crippen LogP contribution < -0.4 is 4.72 Å². The summed E-state index contributed by atoms with van der Waals surface area (Å²) in [5.41, 5.74) is 2.25. The number of nitrogens with one attached hydrogen (secondary N) is 1. The first-order valence-electron chi connectivity index (χ1n) is 9.74. The molecule has 1 aromatic carbocycles. The minimum atomic E-state index is -3.23. The van der Waals surface area contributed by atoms with Gasteiger partial charge in [0.05, 0.1) is 6.26 Å². The summed E-state index contributed by atoms with van der Waals surface area (Å²) in [6.45, 7) is 4.68. The Kier molecular flexibility index (Phi) is 5.74. The molecule has 0 radical (unpaired) electrons. The maximum atomic E-state index is 11.6. The van der Waals surface area contributed by atoms with Gasteiger partial charge in [-0.3, -0.25) is 4.72 Å². The summed E-state index contributed by atoms with van der Waals surface area (Å²) in [5, 5.41) is 0. The average molecular weight is 365 g/mol. The third-order valence-corrected chi connectivity index (χ3v) is 6.65.